The summed E-state index contributed by atoms with van der Waals surface area (Å²) >= 11 is 0. The van der Waals surface area contributed by atoms with E-state index in [1.54, 1.807) is 12.1 Å². The maximum Gasteiger partial charge on any atom is 0.188 e. The van der Waals surface area contributed by atoms with E-state index in [1.165, 1.54) is 12.1 Å². The highest BCUT2D eigenvalue weighted by atomic mass is 35.5. The Bertz CT molecular complexity index is 997. The number of aliphatic hydroxyl groups is 1. The van der Waals surface area contributed by atoms with Crippen LogP contribution in [0.25, 0.3) is 5.69 Å². The van der Waals surface area contributed by atoms with Crippen LogP contribution < -0.4 is 10.5 Å². The number of halogens is 2. The predicted molar refractivity (Wildman–Crippen MR) is 115 cm³/mol. The van der Waals surface area contributed by atoms with Crippen molar-refractivity contribution in [2.45, 2.75) is 50.9 Å². The largest absolute Gasteiger partial charge is 0.485 e. The highest BCUT2D eigenvalue weighted by Crippen LogP contribution is 2.33. The lowest BCUT2D eigenvalue weighted by atomic mass is 9.83. The standard InChI is InChI=1S/C22H25FN4O2.ClH/c1-14-4-2-6-17(10-14)27-22(15-8-9-20(28)19(24)11-15)25-21(26-27)13-29-18-7-3-5-16(23)12-18;/h2-7,10,12,15,19-20,28H,8-9,11,13,24H2,1H3;1H/t15-,19+,20+;/m0./s1. The summed E-state index contributed by atoms with van der Waals surface area (Å²) in [5.41, 5.74) is 8.15. The summed E-state index contributed by atoms with van der Waals surface area (Å²) in [6.07, 6.45) is 1.61. The summed E-state index contributed by atoms with van der Waals surface area (Å²) in [7, 11) is 0. The summed E-state index contributed by atoms with van der Waals surface area (Å²) in [5, 5.41) is 14.6. The molecule has 0 saturated heterocycles. The first kappa shape index (κ1) is 22.2. The van der Waals surface area contributed by atoms with Crippen molar-refractivity contribution in [3.05, 3.63) is 71.6 Å². The van der Waals surface area contributed by atoms with Gasteiger partial charge in [0.05, 0.1) is 11.8 Å². The minimum Gasteiger partial charge on any atom is -0.485 e. The van der Waals surface area contributed by atoms with Crippen molar-refractivity contribution >= 4 is 12.4 Å². The van der Waals surface area contributed by atoms with Crippen LogP contribution in [0.3, 0.4) is 0 Å². The molecule has 1 heterocycles. The van der Waals surface area contributed by atoms with E-state index in [9.17, 15) is 9.50 Å². The second-order valence-corrected chi connectivity index (χ2v) is 7.62. The van der Waals surface area contributed by atoms with Crippen LogP contribution in [0, 0.1) is 12.7 Å². The number of aliphatic hydroxyl groups excluding tert-OH is 1. The van der Waals surface area contributed by atoms with Crippen LogP contribution in [0.1, 0.15) is 42.4 Å². The summed E-state index contributed by atoms with van der Waals surface area (Å²) in [6, 6.07) is 13.8. The SMILES string of the molecule is Cc1cccc(-n2nc(COc3cccc(F)c3)nc2[C@H]2CC[C@@H](O)[C@H](N)C2)c1.Cl. The minimum absolute atomic E-state index is 0. The number of benzene rings is 2. The summed E-state index contributed by atoms with van der Waals surface area (Å²) in [5.74, 6) is 1.52. The van der Waals surface area contributed by atoms with E-state index in [0.717, 1.165) is 23.5 Å². The monoisotopic (exact) mass is 432 g/mol. The van der Waals surface area contributed by atoms with Gasteiger partial charge in [-0.2, -0.15) is 0 Å². The number of rotatable bonds is 5. The minimum atomic E-state index is -0.475. The van der Waals surface area contributed by atoms with Gasteiger partial charge in [-0.25, -0.2) is 14.1 Å². The van der Waals surface area contributed by atoms with Gasteiger partial charge in [0.2, 0.25) is 0 Å². The molecule has 3 N–H and O–H groups in total. The Morgan fingerprint density at radius 3 is 2.73 bits per heavy atom. The predicted octanol–water partition coefficient (Wildman–Crippen LogP) is 3.67. The lowest BCUT2D eigenvalue weighted by Crippen LogP contribution is -2.40. The molecule has 1 aliphatic carbocycles. The number of hydrogen-bond acceptors (Lipinski definition) is 5. The molecule has 0 radical (unpaired) electrons. The zero-order valence-corrected chi connectivity index (χ0v) is 17.6. The van der Waals surface area contributed by atoms with Gasteiger partial charge >= 0.3 is 0 Å². The van der Waals surface area contributed by atoms with Crippen LogP contribution >= 0.6 is 12.4 Å². The van der Waals surface area contributed by atoms with Gasteiger partial charge in [-0.15, -0.1) is 17.5 Å². The van der Waals surface area contributed by atoms with E-state index in [-0.39, 0.29) is 36.8 Å². The van der Waals surface area contributed by atoms with Crippen LogP contribution in [0.5, 0.6) is 5.75 Å². The molecule has 160 valence electrons. The molecular formula is C22H26ClFN4O2. The molecule has 0 aliphatic heterocycles. The fraction of sp³-hybridized carbons (Fsp3) is 0.364. The van der Waals surface area contributed by atoms with E-state index in [2.05, 4.69) is 5.10 Å². The lowest BCUT2D eigenvalue weighted by Gasteiger charge is -2.30. The number of nitrogens with zero attached hydrogens (tertiary/aromatic N) is 3. The third-order valence-electron chi connectivity index (χ3n) is 5.31. The fourth-order valence-corrected chi connectivity index (χ4v) is 3.77. The van der Waals surface area contributed by atoms with Crippen molar-refractivity contribution in [1.29, 1.82) is 0 Å². The number of ether oxygens (including phenoxy) is 1. The van der Waals surface area contributed by atoms with E-state index in [0.29, 0.717) is 24.4 Å². The molecule has 3 aromatic rings. The molecule has 1 aromatic heterocycles. The second kappa shape index (κ2) is 9.55. The van der Waals surface area contributed by atoms with E-state index in [4.69, 9.17) is 15.5 Å². The molecular weight excluding hydrogens is 407 g/mol. The Labute approximate surface area is 181 Å². The summed E-state index contributed by atoms with van der Waals surface area (Å²) in [4.78, 5) is 4.73. The summed E-state index contributed by atoms with van der Waals surface area (Å²) < 4.78 is 20.9. The van der Waals surface area contributed by atoms with Crippen LogP contribution in [0.4, 0.5) is 4.39 Å². The highest BCUT2D eigenvalue weighted by molar-refractivity contribution is 5.85. The van der Waals surface area contributed by atoms with E-state index in [1.807, 2.05) is 35.9 Å². The molecule has 1 saturated carbocycles. The van der Waals surface area contributed by atoms with Gasteiger partial charge in [0.15, 0.2) is 5.82 Å². The normalized spacial score (nSPS) is 21.1. The number of aryl methyl sites for hydroxylation is 1. The van der Waals surface area contributed by atoms with Gasteiger partial charge < -0.3 is 15.6 Å². The quantitative estimate of drug-likeness (QED) is 0.642. The molecule has 0 amide bonds. The Hall–Kier alpha value is -2.48. The first-order valence-corrected chi connectivity index (χ1v) is 9.84. The van der Waals surface area contributed by atoms with Gasteiger partial charge in [0, 0.05) is 18.0 Å². The number of nitrogens with two attached hydrogens (primary N) is 1. The van der Waals surface area contributed by atoms with Crippen molar-refractivity contribution in [2.75, 3.05) is 0 Å². The van der Waals surface area contributed by atoms with Crippen molar-refractivity contribution in [2.24, 2.45) is 5.73 Å². The average molecular weight is 433 g/mol. The molecule has 6 nitrogen and oxygen atoms in total. The molecule has 30 heavy (non-hydrogen) atoms. The zero-order valence-electron chi connectivity index (χ0n) is 16.7. The van der Waals surface area contributed by atoms with Crippen LogP contribution in [-0.2, 0) is 6.61 Å². The van der Waals surface area contributed by atoms with Gasteiger partial charge in [-0.3, -0.25) is 0 Å². The first-order chi connectivity index (χ1) is 14.0. The lowest BCUT2D eigenvalue weighted by molar-refractivity contribution is 0.0989. The highest BCUT2D eigenvalue weighted by Gasteiger charge is 2.31. The van der Waals surface area contributed by atoms with Crippen LogP contribution in [0.15, 0.2) is 48.5 Å². The number of aromatic nitrogens is 3. The van der Waals surface area contributed by atoms with Crippen molar-refractivity contribution in [3.63, 3.8) is 0 Å². The van der Waals surface area contributed by atoms with Crippen molar-refractivity contribution in [1.82, 2.24) is 14.8 Å². The molecule has 2 aromatic carbocycles. The Balaban J connectivity index is 0.00000256. The topological polar surface area (TPSA) is 86.2 Å². The Morgan fingerprint density at radius 2 is 2.00 bits per heavy atom. The van der Waals surface area contributed by atoms with E-state index >= 15 is 0 Å². The molecule has 3 atom stereocenters. The van der Waals surface area contributed by atoms with Gasteiger partial charge in [-0.1, -0.05) is 18.2 Å². The van der Waals surface area contributed by atoms with Crippen molar-refractivity contribution in [3.8, 4) is 11.4 Å². The molecule has 4 rings (SSSR count). The van der Waals surface area contributed by atoms with Crippen molar-refractivity contribution < 1.29 is 14.2 Å². The first-order valence-electron chi connectivity index (χ1n) is 9.84. The van der Waals surface area contributed by atoms with Gasteiger partial charge in [0.25, 0.3) is 0 Å². The molecule has 1 fully saturated rings. The second-order valence-electron chi connectivity index (χ2n) is 7.62. The molecule has 0 bridgehead atoms. The molecule has 0 unspecified atom stereocenters. The summed E-state index contributed by atoms with van der Waals surface area (Å²) in [6.45, 7) is 2.16. The average Bonchev–Trinajstić information content (AvgIpc) is 3.13. The number of hydrogen-bond donors (Lipinski definition) is 2. The van der Waals surface area contributed by atoms with Gasteiger partial charge in [-0.05, 0) is 56.0 Å². The Morgan fingerprint density at radius 1 is 1.20 bits per heavy atom. The van der Waals surface area contributed by atoms with E-state index < -0.39 is 6.10 Å². The smallest absolute Gasteiger partial charge is 0.188 e. The maximum absolute atomic E-state index is 13.4. The maximum atomic E-state index is 13.4. The van der Waals surface area contributed by atoms with Gasteiger partial charge in [0.1, 0.15) is 24.0 Å². The van der Waals surface area contributed by atoms with Crippen LogP contribution in [-0.4, -0.2) is 32.0 Å². The third kappa shape index (κ3) is 4.98. The Kier molecular flexibility index (Phi) is 7.07. The molecule has 8 heteroatoms. The molecule has 1 aliphatic rings. The third-order valence-corrected chi connectivity index (χ3v) is 5.31. The van der Waals surface area contributed by atoms with Crippen LogP contribution in [0.2, 0.25) is 0 Å². The fourth-order valence-electron chi connectivity index (χ4n) is 3.77. The molecule has 0 spiro atoms. The zero-order chi connectivity index (χ0) is 20.4.